The Morgan fingerprint density at radius 3 is 2.62 bits per heavy atom. The lowest BCUT2D eigenvalue weighted by molar-refractivity contribution is -0.297. The minimum atomic E-state index is -1.39. The topological polar surface area (TPSA) is 260 Å². The van der Waals surface area contributed by atoms with Crippen molar-refractivity contribution >= 4 is 5.91 Å². The van der Waals surface area contributed by atoms with Gasteiger partial charge in [-0.05, 0) is 45.9 Å². The van der Waals surface area contributed by atoms with Crippen LogP contribution in [0.1, 0.15) is 26.2 Å². The maximum Gasteiger partial charge on any atom is 0.249 e. The molecule has 232 valence electrons. The Morgan fingerprint density at radius 1 is 1.27 bits per heavy atom. The third-order valence-electron chi connectivity index (χ3n) is 8.03. The van der Waals surface area contributed by atoms with E-state index in [2.05, 4.69) is 16.0 Å². The summed E-state index contributed by atoms with van der Waals surface area (Å²) < 4.78 is 18.0. The number of likely N-dealkylation sites (N-methyl/N-ethyl adjacent to an activating group) is 1. The number of nitrogens with one attached hydrogen (secondary N) is 3. The van der Waals surface area contributed by atoms with Crippen molar-refractivity contribution in [3.8, 4) is 0 Å². The second-order valence-electron chi connectivity index (χ2n) is 11.0. The maximum absolute atomic E-state index is 12.7. The van der Waals surface area contributed by atoms with E-state index < -0.39 is 72.4 Å². The number of ether oxygens (including phenoxy) is 3. The van der Waals surface area contributed by atoms with Gasteiger partial charge in [-0.25, -0.2) is 0 Å². The van der Waals surface area contributed by atoms with Gasteiger partial charge in [-0.1, -0.05) is 0 Å². The molecule has 15 nitrogen and oxygen atoms in total. The van der Waals surface area contributed by atoms with Gasteiger partial charge in [-0.2, -0.15) is 0 Å². The summed E-state index contributed by atoms with van der Waals surface area (Å²) in [7, 11) is 1.58. The van der Waals surface area contributed by atoms with Crippen molar-refractivity contribution in [2.45, 2.75) is 92.8 Å². The van der Waals surface area contributed by atoms with Crippen molar-refractivity contribution in [3.63, 3.8) is 0 Å². The van der Waals surface area contributed by atoms with Crippen LogP contribution in [0.5, 0.6) is 0 Å². The zero-order valence-corrected chi connectivity index (χ0v) is 23.2. The Balaban J connectivity index is 1.90. The second kappa shape index (κ2) is 14.6. The molecule has 3 aliphatic rings. The van der Waals surface area contributed by atoms with Gasteiger partial charge in [-0.15, -0.1) is 0 Å². The first-order valence-corrected chi connectivity index (χ1v) is 13.9. The summed E-state index contributed by atoms with van der Waals surface area (Å²) in [5.74, 6) is -0.885. The summed E-state index contributed by atoms with van der Waals surface area (Å²) in [4.78, 5) is 12.7. The summed E-state index contributed by atoms with van der Waals surface area (Å²) in [6.07, 6.45) is -4.56. The molecule has 12 atom stereocenters. The largest absolute Gasteiger partial charge is 0.492 e. The number of amides is 1. The number of rotatable bonds is 12. The predicted octanol–water partition coefficient (Wildman–Crippen LogP) is -5.09. The van der Waals surface area contributed by atoms with E-state index in [1.54, 1.807) is 7.05 Å². The zero-order valence-electron chi connectivity index (χ0n) is 23.2. The molecule has 0 bridgehead atoms. The van der Waals surface area contributed by atoms with Crippen LogP contribution in [0.3, 0.4) is 0 Å². The summed E-state index contributed by atoms with van der Waals surface area (Å²) in [6, 6.07) is -2.68. The zero-order chi connectivity index (χ0) is 29.6. The molecule has 0 aromatic rings. The fourth-order valence-corrected chi connectivity index (χ4v) is 5.96. The maximum atomic E-state index is 12.7. The first-order valence-electron chi connectivity index (χ1n) is 13.9. The van der Waals surface area contributed by atoms with Gasteiger partial charge in [0.15, 0.2) is 6.29 Å². The first-order chi connectivity index (χ1) is 19.0. The normalized spacial score (nSPS) is 41.1. The molecular weight excluding hydrogens is 528 g/mol. The van der Waals surface area contributed by atoms with E-state index in [-0.39, 0.29) is 45.2 Å². The van der Waals surface area contributed by atoms with Crippen LogP contribution in [0, 0.1) is 5.92 Å². The van der Waals surface area contributed by atoms with Gasteiger partial charge in [0, 0.05) is 24.5 Å². The molecule has 2 fully saturated rings. The van der Waals surface area contributed by atoms with Crippen LogP contribution in [0.4, 0.5) is 0 Å². The summed E-state index contributed by atoms with van der Waals surface area (Å²) in [5.41, 5.74) is 16.5. The van der Waals surface area contributed by atoms with Crippen LogP contribution in [0.2, 0.25) is 0 Å². The van der Waals surface area contributed by atoms with E-state index in [0.29, 0.717) is 18.7 Å². The van der Waals surface area contributed by atoms with E-state index >= 15 is 0 Å². The van der Waals surface area contributed by atoms with Crippen molar-refractivity contribution in [3.05, 3.63) is 11.8 Å². The number of carbonyl (C=O) groups is 1. The van der Waals surface area contributed by atoms with Crippen molar-refractivity contribution < 1.29 is 44.5 Å². The highest BCUT2D eigenvalue weighted by molar-refractivity contribution is 5.80. The molecule has 15 heteroatoms. The molecule has 0 aromatic heterocycles. The minimum absolute atomic E-state index is 0.0347. The average Bonchev–Trinajstić information content (AvgIpc) is 2.91. The monoisotopic (exact) mass is 576 g/mol. The van der Waals surface area contributed by atoms with Gasteiger partial charge in [0.05, 0.1) is 37.9 Å². The molecule has 0 spiro atoms. The minimum Gasteiger partial charge on any atom is -0.492 e. The fraction of sp³-hybridized carbons (Fsp3) is 0.880. The molecule has 40 heavy (non-hydrogen) atoms. The molecule has 0 radical (unpaired) electrons. The molecule has 0 aromatic carbocycles. The van der Waals surface area contributed by atoms with E-state index in [4.69, 9.17) is 31.4 Å². The highest BCUT2D eigenvalue weighted by atomic mass is 16.7. The van der Waals surface area contributed by atoms with Gasteiger partial charge in [0.25, 0.3) is 0 Å². The standard InChI is InChI=1S/C25H48N6O9/c1-25(37)11-38-24(19(35)22(25)29-2)40-21-15(31-23(36)16(33)5-6-26)9-13(28)17(18(21)34)20-14(30-7-8-32)4-3-12(10-27)39-20/h3,13-22,24,29-30,32-35,37H,4-11,26-28H2,1-2H3,(H,31,36)/t13-,14+,15+,16-,17?,18-,19+,20-,21-,22+,24+,25-/m0/s1. The van der Waals surface area contributed by atoms with Crippen LogP contribution >= 0.6 is 0 Å². The Bertz CT molecular complexity index is 852. The van der Waals surface area contributed by atoms with Crippen molar-refractivity contribution in [2.75, 3.05) is 39.9 Å². The first kappa shape index (κ1) is 33.0. The van der Waals surface area contributed by atoms with Gasteiger partial charge in [0.1, 0.15) is 35.8 Å². The van der Waals surface area contributed by atoms with Crippen LogP contribution in [-0.2, 0) is 19.0 Å². The Kier molecular flexibility index (Phi) is 12.1. The Hall–Kier alpha value is -1.47. The molecule has 1 aliphatic carbocycles. The van der Waals surface area contributed by atoms with E-state index in [0.717, 1.165) is 0 Å². The van der Waals surface area contributed by atoms with Gasteiger partial charge in [0.2, 0.25) is 5.91 Å². The summed E-state index contributed by atoms with van der Waals surface area (Å²) >= 11 is 0. The predicted molar refractivity (Wildman–Crippen MR) is 143 cm³/mol. The van der Waals surface area contributed by atoms with Crippen molar-refractivity contribution in [1.82, 2.24) is 16.0 Å². The van der Waals surface area contributed by atoms with Crippen LogP contribution < -0.4 is 33.2 Å². The summed E-state index contributed by atoms with van der Waals surface area (Å²) in [5, 5.41) is 61.8. The molecule has 1 unspecified atom stereocenters. The second-order valence-corrected chi connectivity index (χ2v) is 11.0. The number of nitrogens with two attached hydrogens (primary N) is 3. The van der Waals surface area contributed by atoms with E-state index in [9.17, 15) is 30.3 Å². The Labute approximate surface area is 234 Å². The lowest BCUT2D eigenvalue weighted by Gasteiger charge is -2.51. The highest BCUT2D eigenvalue weighted by Gasteiger charge is 2.53. The molecule has 2 aliphatic heterocycles. The van der Waals surface area contributed by atoms with Crippen LogP contribution in [0.15, 0.2) is 11.8 Å². The molecule has 1 amide bonds. The van der Waals surface area contributed by atoms with Gasteiger partial charge in [-0.3, -0.25) is 4.79 Å². The number of carbonyl (C=O) groups excluding carboxylic acids is 1. The van der Waals surface area contributed by atoms with Crippen LogP contribution in [0.25, 0.3) is 0 Å². The Morgan fingerprint density at radius 2 is 2.00 bits per heavy atom. The number of aliphatic hydroxyl groups is 5. The van der Waals surface area contributed by atoms with Gasteiger partial charge < -0.3 is 72.9 Å². The molecule has 2 heterocycles. The number of hydrogen-bond donors (Lipinski definition) is 11. The fourth-order valence-electron chi connectivity index (χ4n) is 5.96. The molecule has 3 rings (SSSR count). The molecule has 1 saturated heterocycles. The van der Waals surface area contributed by atoms with Gasteiger partial charge >= 0.3 is 0 Å². The van der Waals surface area contributed by atoms with Crippen molar-refractivity contribution in [2.24, 2.45) is 23.1 Å². The lowest BCUT2D eigenvalue weighted by Crippen LogP contribution is -2.69. The SMILES string of the molecule is CN[C@@H]1[C@@H](O)[C@@H](O[C@H]2[C@H](NC(=O)[C@@H](O)CCN)C[C@H](N)C([C@H]3OC(CN)=CC[C@H]3NCCO)[C@@H]2O)OC[C@]1(C)O. The third-order valence-corrected chi connectivity index (χ3v) is 8.03. The lowest BCUT2D eigenvalue weighted by atomic mass is 9.72. The molecule has 1 saturated carbocycles. The quantitative estimate of drug-likeness (QED) is 0.104. The van der Waals surface area contributed by atoms with E-state index in [1.807, 2.05) is 6.08 Å². The number of aliphatic hydroxyl groups excluding tert-OH is 4. The smallest absolute Gasteiger partial charge is 0.249 e. The van der Waals surface area contributed by atoms with Crippen molar-refractivity contribution in [1.29, 1.82) is 0 Å². The van der Waals surface area contributed by atoms with E-state index in [1.165, 1.54) is 6.92 Å². The summed E-state index contributed by atoms with van der Waals surface area (Å²) in [6.45, 7) is 1.78. The average molecular weight is 577 g/mol. The number of hydrogen-bond acceptors (Lipinski definition) is 14. The van der Waals surface area contributed by atoms with Crippen LogP contribution in [-0.4, -0.2) is 138 Å². The third kappa shape index (κ3) is 7.48. The molecule has 14 N–H and O–H groups in total. The highest BCUT2D eigenvalue weighted by Crippen LogP contribution is 2.37. The molecular formula is C25H48N6O9.